The van der Waals surface area contributed by atoms with E-state index in [0.29, 0.717) is 0 Å². The zero-order valence-corrected chi connectivity index (χ0v) is 12.0. The Bertz CT molecular complexity index is 666. The average molecular weight is 272 g/mol. The minimum Gasteiger partial charge on any atom is -0.481 e. The molecule has 1 aliphatic carbocycles. The Morgan fingerprint density at radius 3 is 2.65 bits per heavy atom. The first kappa shape index (κ1) is 13.2. The summed E-state index contributed by atoms with van der Waals surface area (Å²) in [4.78, 5) is 12.0. The molecule has 4 nitrogen and oxygen atoms in total. The van der Waals surface area contributed by atoms with Crippen molar-refractivity contribution in [2.45, 2.75) is 44.4 Å². The lowest BCUT2D eigenvalue weighted by molar-refractivity contribution is -0.145. The van der Waals surface area contributed by atoms with E-state index in [1.54, 1.807) is 0 Å². The number of nitrogens with zero attached hydrogens (tertiary/aromatic N) is 2. The molecule has 1 N–H and O–H groups in total. The van der Waals surface area contributed by atoms with Crippen molar-refractivity contribution < 1.29 is 9.90 Å². The van der Waals surface area contributed by atoms with Crippen LogP contribution >= 0.6 is 0 Å². The molecule has 1 saturated carbocycles. The number of fused-ring (bicyclic) bond motifs is 1. The van der Waals surface area contributed by atoms with Crippen LogP contribution in [0.4, 0.5) is 0 Å². The first-order valence-electron chi connectivity index (χ1n) is 7.22. The van der Waals surface area contributed by atoms with Gasteiger partial charge in [0.05, 0.1) is 16.6 Å². The standard InChI is InChI=1S/C16H20N2O2/c1-11-14-12(7-6-8-13(14)18(2)17-11)16(15(19)20)9-4-3-5-10-16/h6-8H,3-5,9-10H2,1-2H3,(H,19,20). The molecule has 4 heteroatoms. The highest BCUT2D eigenvalue weighted by Gasteiger charge is 2.42. The molecule has 0 spiro atoms. The van der Waals surface area contributed by atoms with Crippen LogP contribution in [0.15, 0.2) is 18.2 Å². The van der Waals surface area contributed by atoms with Crippen LogP contribution in [0.25, 0.3) is 10.9 Å². The quantitative estimate of drug-likeness (QED) is 0.913. The largest absolute Gasteiger partial charge is 0.481 e. The SMILES string of the molecule is Cc1nn(C)c2cccc(C3(C(=O)O)CCCCC3)c12. The van der Waals surface area contributed by atoms with E-state index >= 15 is 0 Å². The molecule has 0 atom stereocenters. The topological polar surface area (TPSA) is 55.1 Å². The fraction of sp³-hybridized carbons (Fsp3) is 0.500. The van der Waals surface area contributed by atoms with Crippen LogP contribution in [-0.2, 0) is 17.3 Å². The summed E-state index contributed by atoms with van der Waals surface area (Å²) in [7, 11) is 1.91. The van der Waals surface area contributed by atoms with Crippen LogP contribution in [-0.4, -0.2) is 20.9 Å². The van der Waals surface area contributed by atoms with E-state index in [2.05, 4.69) is 5.10 Å². The van der Waals surface area contributed by atoms with Crippen molar-refractivity contribution in [3.05, 3.63) is 29.5 Å². The zero-order chi connectivity index (χ0) is 14.3. The molecule has 3 rings (SSSR count). The number of carboxylic acids is 1. The molecule has 0 aliphatic heterocycles. The lowest BCUT2D eigenvalue weighted by Gasteiger charge is -2.34. The minimum absolute atomic E-state index is 0.687. The number of aryl methyl sites for hydroxylation is 2. The Hall–Kier alpha value is -1.84. The molecule has 0 amide bonds. The number of rotatable bonds is 2. The maximum Gasteiger partial charge on any atom is 0.314 e. The van der Waals surface area contributed by atoms with Crippen molar-refractivity contribution in [2.75, 3.05) is 0 Å². The monoisotopic (exact) mass is 272 g/mol. The Labute approximate surface area is 118 Å². The van der Waals surface area contributed by atoms with Gasteiger partial charge in [0.25, 0.3) is 0 Å². The second-order valence-electron chi connectivity index (χ2n) is 5.86. The Morgan fingerprint density at radius 2 is 2.00 bits per heavy atom. The molecule has 2 aromatic rings. The molecule has 1 aromatic heterocycles. The fourth-order valence-corrected chi connectivity index (χ4v) is 3.67. The summed E-state index contributed by atoms with van der Waals surface area (Å²) in [5, 5.41) is 15.4. The first-order chi connectivity index (χ1) is 9.56. The summed E-state index contributed by atoms with van der Waals surface area (Å²) >= 11 is 0. The number of aromatic nitrogens is 2. The van der Waals surface area contributed by atoms with Gasteiger partial charge in [-0.25, -0.2) is 0 Å². The van der Waals surface area contributed by atoms with Gasteiger partial charge in [-0.1, -0.05) is 31.4 Å². The molecule has 20 heavy (non-hydrogen) atoms. The van der Waals surface area contributed by atoms with E-state index < -0.39 is 11.4 Å². The van der Waals surface area contributed by atoms with E-state index in [-0.39, 0.29) is 0 Å². The Kier molecular flexibility index (Phi) is 3.04. The van der Waals surface area contributed by atoms with Gasteiger partial charge in [0.2, 0.25) is 0 Å². The second kappa shape index (κ2) is 4.62. The smallest absolute Gasteiger partial charge is 0.314 e. The van der Waals surface area contributed by atoms with Gasteiger partial charge >= 0.3 is 5.97 Å². The number of benzene rings is 1. The highest BCUT2D eigenvalue weighted by Crippen LogP contribution is 2.43. The van der Waals surface area contributed by atoms with E-state index in [1.807, 2.05) is 36.9 Å². The van der Waals surface area contributed by atoms with Crippen LogP contribution < -0.4 is 0 Å². The van der Waals surface area contributed by atoms with Crippen LogP contribution in [0.3, 0.4) is 0 Å². The molecule has 1 aliphatic rings. The lowest BCUT2D eigenvalue weighted by atomic mass is 9.68. The molecule has 1 fully saturated rings. The molecule has 0 radical (unpaired) electrons. The predicted octanol–water partition coefficient (Wildman–Crippen LogP) is 3.17. The fourth-order valence-electron chi connectivity index (χ4n) is 3.67. The average Bonchev–Trinajstić information content (AvgIpc) is 2.75. The molecule has 1 aromatic carbocycles. The summed E-state index contributed by atoms with van der Waals surface area (Å²) in [5.41, 5.74) is 2.16. The number of carbonyl (C=O) groups is 1. The van der Waals surface area contributed by atoms with Gasteiger partial charge < -0.3 is 5.11 Å². The van der Waals surface area contributed by atoms with Crippen LogP contribution in [0.5, 0.6) is 0 Å². The van der Waals surface area contributed by atoms with E-state index in [4.69, 9.17) is 0 Å². The van der Waals surface area contributed by atoms with Crippen LogP contribution in [0.2, 0.25) is 0 Å². The molecular weight excluding hydrogens is 252 g/mol. The number of hydrogen-bond acceptors (Lipinski definition) is 2. The summed E-state index contributed by atoms with van der Waals surface area (Å²) in [5.74, 6) is -0.687. The molecule has 0 saturated heterocycles. The third kappa shape index (κ3) is 1.74. The Balaban J connectivity index is 2.29. The highest BCUT2D eigenvalue weighted by molar-refractivity contribution is 5.93. The van der Waals surface area contributed by atoms with Crippen molar-refractivity contribution in [3.63, 3.8) is 0 Å². The summed E-state index contributed by atoms with van der Waals surface area (Å²) in [6.45, 7) is 1.96. The van der Waals surface area contributed by atoms with Crippen LogP contribution in [0, 0.1) is 6.92 Å². The lowest BCUT2D eigenvalue weighted by Crippen LogP contribution is -2.38. The summed E-state index contributed by atoms with van der Waals surface area (Å²) < 4.78 is 1.84. The molecule has 106 valence electrons. The normalized spacial score (nSPS) is 18.3. The molecule has 1 heterocycles. The zero-order valence-electron chi connectivity index (χ0n) is 12.0. The highest BCUT2D eigenvalue weighted by atomic mass is 16.4. The van der Waals surface area contributed by atoms with Crippen LogP contribution in [0.1, 0.15) is 43.4 Å². The van der Waals surface area contributed by atoms with Gasteiger partial charge in [0.15, 0.2) is 0 Å². The van der Waals surface area contributed by atoms with E-state index in [9.17, 15) is 9.90 Å². The van der Waals surface area contributed by atoms with Gasteiger partial charge in [0, 0.05) is 12.4 Å². The van der Waals surface area contributed by atoms with Crippen molar-refractivity contribution in [1.82, 2.24) is 9.78 Å². The van der Waals surface area contributed by atoms with Gasteiger partial charge in [-0.3, -0.25) is 9.48 Å². The Morgan fingerprint density at radius 1 is 1.30 bits per heavy atom. The van der Waals surface area contributed by atoms with Gasteiger partial charge in [-0.15, -0.1) is 0 Å². The maximum atomic E-state index is 12.0. The maximum absolute atomic E-state index is 12.0. The van der Waals surface area contributed by atoms with Crippen molar-refractivity contribution in [3.8, 4) is 0 Å². The second-order valence-corrected chi connectivity index (χ2v) is 5.86. The third-order valence-corrected chi connectivity index (χ3v) is 4.68. The van der Waals surface area contributed by atoms with Crippen molar-refractivity contribution >= 4 is 16.9 Å². The van der Waals surface area contributed by atoms with Gasteiger partial charge in [-0.2, -0.15) is 5.10 Å². The molecule has 0 bridgehead atoms. The molecular formula is C16H20N2O2. The van der Waals surface area contributed by atoms with Crippen molar-refractivity contribution in [1.29, 1.82) is 0 Å². The number of hydrogen-bond donors (Lipinski definition) is 1. The molecule has 0 unspecified atom stereocenters. The van der Waals surface area contributed by atoms with Gasteiger partial charge in [0.1, 0.15) is 0 Å². The predicted molar refractivity (Wildman–Crippen MR) is 77.8 cm³/mol. The number of carboxylic acid groups (broad SMARTS) is 1. The van der Waals surface area contributed by atoms with Gasteiger partial charge in [-0.05, 0) is 31.4 Å². The third-order valence-electron chi connectivity index (χ3n) is 4.68. The first-order valence-corrected chi connectivity index (χ1v) is 7.22. The minimum atomic E-state index is -0.731. The summed E-state index contributed by atoms with van der Waals surface area (Å²) in [6, 6.07) is 5.95. The number of aliphatic carboxylic acids is 1. The van der Waals surface area contributed by atoms with Crippen molar-refractivity contribution in [2.24, 2.45) is 7.05 Å². The van der Waals surface area contributed by atoms with E-state index in [0.717, 1.165) is 54.3 Å². The summed E-state index contributed by atoms with van der Waals surface area (Å²) in [6.07, 6.45) is 4.58. The van der Waals surface area contributed by atoms with E-state index in [1.165, 1.54) is 0 Å².